The molecule has 1 aliphatic rings. The number of ether oxygens (including phenoxy) is 1. The van der Waals surface area contributed by atoms with Gasteiger partial charge in [-0.15, -0.1) is 0 Å². The van der Waals surface area contributed by atoms with Crippen molar-refractivity contribution in [3.05, 3.63) is 29.8 Å². The van der Waals surface area contributed by atoms with Crippen molar-refractivity contribution >= 4 is 5.91 Å². The van der Waals surface area contributed by atoms with Crippen molar-refractivity contribution in [3.8, 4) is 5.75 Å². The number of benzene rings is 1. The monoisotopic (exact) mass is 276 g/mol. The Kier molecular flexibility index (Phi) is 5.41. The molecule has 0 aliphatic heterocycles. The van der Waals surface area contributed by atoms with Crippen molar-refractivity contribution in [1.82, 2.24) is 10.6 Å². The van der Waals surface area contributed by atoms with Crippen LogP contribution in [0.1, 0.15) is 32.3 Å². The molecule has 1 aromatic carbocycles. The maximum Gasteiger partial charge on any atom is 0.223 e. The molecule has 0 spiro atoms. The number of rotatable bonds is 8. The first-order valence-corrected chi connectivity index (χ1v) is 7.39. The lowest BCUT2D eigenvalue weighted by atomic mass is 10.2. The summed E-state index contributed by atoms with van der Waals surface area (Å²) in [4.78, 5) is 11.4. The van der Waals surface area contributed by atoms with E-state index in [-0.39, 0.29) is 12.0 Å². The van der Waals surface area contributed by atoms with E-state index < -0.39 is 0 Å². The first kappa shape index (κ1) is 14.9. The smallest absolute Gasteiger partial charge is 0.223 e. The highest BCUT2D eigenvalue weighted by Crippen LogP contribution is 2.28. The minimum atomic E-state index is 0.203. The molecular formula is C16H24N2O2. The third-order valence-corrected chi connectivity index (χ3v) is 3.17. The third-order valence-electron chi connectivity index (χ3n) is 3.17. The predicted molar refractivity (Wildman–Crippen MR) is 79.6 cm³/mol. The van der Waals surface area contributed by atoms with E-state index in [0.29, 0.717) is 12.5 Å². The molecule has 0 atom stereocenters. The van der Waals surface area contributed by atoms with Crippen molar-refractivity contribution in [2.75, 3.05) is 13.1 Å². The van der Waals surface area contributed by atoms with Crippen molar-refractivity contribution in [1.29, 1.82) is 0 Å². The van der Waals surface area contributed by atoms with Crippen LogP contribution in [0.5, 0.6) is 5.75 Å². The quantitative estimate of drug-likeness (QED) is 0.715. The van der Waals surface area contributed by atoms with E-state index in [1.807, 2.05) is 26.0 Å². The van der Waals surface area contributed by atoms with Crippen molar-refractivity contribution in [2.45, 2.75) is 39.3 Å². The lowest BCUT2D eigenvalue weighted by Gasteiger charge is -2.10. The molecule has 0 saturated heterocycles. The Morgan fingerprint density at radius 2 is 1.95 bits per heavy atom. The van der Waals surface area contributed by atoms with Crippen LogP contribution in [0.25, 0.3) is 0 Å². The first-order valence-electron chi connectivity index (χ1n) is 7.39. The molecule has 1 saturated carbocycles. The molecule has 0 unspecified atom stereocenters. The second-order valence-corrected chi connectivity index (χ2v) is 5.55. The number of carbonyl (C=O) groups is 1. The number of hydrogen-bond acceptors (Lipinski definition) is 3. The summed E-state index contributed by atoms with van der Waals surface area (Å²) in [6, 6.07) is 8.11. The fourth-order valence-corrected chi connectivity index (χ4v) is 1.95. The molecule has 1 aliphatic carbocycles. The van der Waals surface area contributed by atoms with Gasteiger partial charge in [0.2, 0.25) is 5.91 Å². The van der Waals surface area contributed by atoms with Crippen LogP contribution in [0.15, 0.2) is 24.3 Å². The van der Waals surface area contributed by atoms with Gasteiger partial charge in [-0.2, -0.15) is 0 Å². The van der Waals surface area contributed by atoms with E-state index in [0.717, 1.165) is 31.7 Å². The van der Waals surface area contributed by atoms with E-state index >= 15 is 0 Å². The van der Waals surface area contributed by atoms with Crippen LogP contribution in [-0.4, -0.2) is 25.1 Å². The Bertz CT molecular complexity index is 425. The second kappa shape index (κ2) is 7.29. The van der Waals surface area contributed by atoms with Crippen LogP contribution >= 0.6 is 0 Å². The summed E-state index contributed by atoms with van der Waals surface area (Å²) in [5.41, 5.74) is 1.22. The van der Waals surface area contributed by atoms with Gasteiger partial charge in [0.15, 0.2) is 0 Å². The average Bonchev–Trinajstić information content (AvgIpc) is 3.24. The van der Waals surface area contributed by atoms with Crippen LogP contribution in [-0.2, 0) is 11.3 Å². The zero-order valence-electron chi connectivity index (χ0n) is 12.3. The highest BCUT2D eigenvalue weighted by molar-refractivity contribution is 5.80. The van der Waals surface area contributed by atoms with Gasteiger partial charge in [-0.1, -0.05) is 12.1 Å². The fourth-order valence-electron chi connectivity index (χ4n) is 1.95. The van der Waals surface area contributed by atoms with Crippen LogP contribution in [0.3, 0.4) is 0 Å². The van der Waals surface area contributed by atoms with Crippen molar-refractivity contribution < 1.29 is 9.53 Å². The lowest BCUT2D eigenvalue weighted by molar-refractivity contribution is -0.122. The molecule has 0 bridgehead atoms. The molecule has 1 amide bonds. The fraction of sp³-hybridized carbons (Fsp3) is 0.562. The summed E-state index contributed by atoms with van der Waals surface area (Å²) in [5, 5.41) is 6.26. The molecule has 2 rings (SSSR count). The van der Waals surface area contributed by atoms with Crippen molar-refractivity contribution in [3.63, 3.8) is 0 Å². The largest absolute Gasteiger partial charge is 0.491 e. The van der Waals surface area contributed by atoms with E-state index in [9.17, 15) is 4.79 Å². The molecule has 110 valence electrons. The molecule has 4 heteroatoms. The SMILES string of the molecule is CC(C)Oc1ccc(CNCCNC(=O)C2CC2)cc1. The van der Waals surface area contributed by atoms with Gasteiger partial charge < -0.3 is 15.4 Å². The molecule has 1 aromatic rings. The normalized spacial score (nSPS) is 14.3. The van der Waals surface area contributed by atoms with E-state index in [1.165, 1.54) is 5.56 Å². The van der Waals surface area contributed by atoms with Gasteiger partial charge in [-0.25, -0.2) is 0 Å². The molecule has 0 radical (unpaired) electrons. The topological polar surface area (TPSA) is 50.4 Å². The number of amides is 1. The highest BCUT2D eigenvalue weighted by Gasteiger charge is 2.28. The summed E-state index contributed by atoms with van der Waals surface area (Å²) < 4.78 is 5.60. The molecular weight excluding hydrogens is 252 g/mol. The summed E-state index contributed by atoms with van der Waals surface area (Å²) in [5.74, 6) is 1.41. The van der Waals surface area contributed by atoms with Crippen LogP contribution in [0, 0.1) is 5.92 Å². The van der Waals surface area contributed by atoms with Crippen LogP contribution < -0.4 is 15.4 Å². The molecule has 4 nitrogen and oxygen atoms in total. The number of carbonyl (C=O) groups excluding carboxylic acids is 1. The van der Waals surface area contributed by atoms with E-state index in [2.05, 4.69) is 22.8 Å². The predicted octanol–water partition coefficient (Wildman–Crippen LogP) is 2.09. The Morgan fingerprint density at radius 1 is 1.25 bits per heavy atom. The van der Waals surface area contributed by atoms with Gasteiger partial charge in [0, 0.05) is 25.6 Å². The van der Waals surface area contributed by atoms with Gasteiger partial charge in [0.25, 0.3) is 0 Å². The average molecular weight is 276 g/mol. The molecule has 20 heavy (non-hydrogen) atoms. The second-order valence-electron chi connectivity index (χ2n) is 5.55. The molecule has 0 aromatic heterocycles. The third kappa shape index (κ3) is 5.21. The Balaban J connectivity index is 1.60. The lowest BCUT2D eigenvalue weighted by Crippen LogP contribution is -2.32. The minimum absolute atomic E-state index is 0.203. The van der Waals surface area contributed by atoms with Crippen LogP contribution in [0.2, 0.25) is 0 Å². The van der Waals surface area contributed by atoms with Gasteiger partial charge >= 0.3 is 0 Å². The Labute approximate surface area is 120 Å². The molecule has 1 fully saturated rings. The zero-order valence-corrected chi connectivity index (χ0v) is 12.3. The first-order chi connectivity index (χ1) is 9.65. The molecule has 0 heterocycles. The maximum absolute atomic E-state index is 11.4. The van der Waals surface area contributed by atoms with Crippen molar-refractivity contribution in [2.24, 2.45) is 5.92 Å². The number of hydrogen-bond donors (Lipinski definition) is 2. The maximum atomic E-state index is 11.4. The highest BCUT2D eigenvalue weighted by atomic mass is 16.5. The summed E-state index contributed by atoms with van der Waals surface area (Å²) in [6.07, 6.45) is 2.32. The zero-order chi connectivity index (χ0) is 14.4. The summed E-state index contributed by atoms with van der Waals surface area (Å²) >= 11 is 0. The summed E-state index contributed by atoms with van der Waals surface area (Å²) in [6.45, 7) is 6.34. The van der Waals surface area contributed by atoms with Gasteiger partial charge in [0.05, 0.1) is 6.10 Å². The number of nitrogens with one attached hydrogen (secondary N) is 2. The van der Waals surface area contributed by atoms with Gasteiger partial charge in [-0.05, 0) is 44.4 Å². The van der Waals surface area contributed by atoms with Gasteiger partial charge in [-0.3, -0.25) is 4.79 Å². The molecule has 2 N–H and O–H groups in total. The standard InChI is InChI=1S/C16H24N2O2/c1-12(2)20-15-7-3-13(4-8-15)11-17-9-10-18-16(19)14-5-6-14/h3-4,7-8,12,14,17H,5-6,9-11H2,1-2H3,(H,18,19). The Hall–Kier alpha value is -1.55. The van der Waals surface area contributed by atoms with Gasteiger partial charge in [0.1, 0.15) is 5.75 Å². The minimum Gasteiger partial charge on any atom is -0.491 e. The summed E-state index contributed by atoms with van der Waals surface area (Å²) in [7, 11) is 0. The van der Waals surface area contributed by atoms with E-state index in [4.69, 9.17) is 4.74 Å². The van der Waals surface area contributed by atoms with Crippen LogP contribution in [0.4, 0.5) is 0 Å². The Morgan fingerprint density at radius 3 is 2.55 bits per heavy atom. The van der Waals surface area contributed by atoms with E-state index in [1.54, 1.807) is 0 Å².